The fourth-order valence-corrected chi connectivity index (χ4v) is 1.58. The lowest BCUT2D eigenvalue weighted by Gasteiger charge is -2.02. The molecule has 0 spiro atoms. The lowest BCUT2D eigenvalue weighted by atomic mass is 10.1. The van der Waals surface area contributed by atoms with Crippen LogP contribution in [0.25, 0.3) is 0 Å². The normalized spacial score (nSPS) is 9.90. The van der Waals surface area contributed by atoms with Crippen LogP contribution in [0.2, 0.25) is 0 Å². The molecule has 0 bridgehead atoms. The minimum atomic E-state index is -0.339. The van der Waals surface area contributed by atoms with Gasteiger partial charge in [0.15, 0.2) is 10.9 Å². The second kappa shape index (κ2) is 11.0. The van der Waals surface area contributed by atoms with Gasteiger partial charge in [-0.1, -0.05) is 52.0 Å². The van der Waals surface area contributed by atoms with Gasteiger partial charge < -0.3 is 9.73 Å². The maximum Gasteiger partial charge on any atom is 0.291 e. The molecule has 0 fully saturated rings. The third-order valence-electron chi connectivity index (χ3n) is 2.46. The Morgan fingerprint density at radius 3 is 2.52 bits per heavy atom. The van der Waals surface area contributed by atoms with E-state index in [1.807, 2.05) is 19.9 Å². The Balaban J connectivity index is 0.00000191. The van der Waals surface area contributed by atoms with Gasteiger partial charge in [-0.2, -0.15) is 0 Å². The van der Waals surface area contributed by atoms with Crippen LogP contribution in [0.4, 0.5) is 0 Å². The average molecular weight is 307 g/mol. The molecular formula is C17H25NO2S. The molecule has 1 aromatic rings. The molecule has 0 aliphatic rings. The van der Waals surface area contributed by atoms with Gasteiger partial charge in [0.05, 0.1) is 0 Å². The van der Waals surface area contributed by atoms with E-state index in [1.54, 1.807) is 18.2 Å². The van der Waals surface area contributed by atoms with Crippen molar-refractivity contribution in [1.29, 1.82) is 0 Å². The number of unbranched alkanes of at least 4 members (excludes halogenated alkanes) is 1. The molecule has 1 rings (SSSR count). The second-order valence-corrected chi connectivity index (χ2v) is 4.65. The topological polar surface area (TPSA) is 42.2 Å². The van der Waals surface area contributed by atoms with Crippen LogP contribution in [-0.4, -0.2) is 5.91 Å². The summed E-state index contributed by atoms with van der Waals surface area (Å²) in [4.78, 5) is 11.7. The first-order chi connectivity index (χ1) is 10.0. The molecule has 3 nitrogen and oxygen atoms in total. The molecule has 1 amide bonds. The molecule has 0 unspecified atom stereocenters. The zero-order valence-corrected chi connectivity index (χ0v) is 14.0. The lowest BCUT2D eigenvalue weighted by Crippen LogP contribution is -2.20. The van der Waals surface area contributed by atoms with Crippen molar-refractivity contribution in [2.24, 2.45) is 0 Å². The van der Waals surface area contributed by atoms with E-state index in [9.17, 15) is 4.79 Å². The molecule has 21 heavy (non-hydrogen) atoms. The minimum absolute atomic E-state index is 0.212. The van der Waals surface area contributed by atoms with E-state index >= 15 is 0 Å². The predicted octanol–water partition coefficient (Wildman–Crippen LogP) is 5.14. The van der Waals surface area contributed by atoms with E-state index in [-0.39, 0.29) is 11.7 Å². The summed E-state index contributed by atoms with van der Waals surface area (Å²) < 4.78 is 5.09. The maximum atomic E-state index is 11.7. The summed E-state index contributed by atoms with van der Waals surface area (Å²) in [6.07, 6.45) is 6.80. The molecule has 0 atom stereocenters. The van der Waals surface area contributed by atoms with Crippen molar-refractivity contribution in [2.75, 3.05) is 0 Å². The van der Waals surface area contributed by atoms with Crippen molar-refractivity contribution in [3.05, 3.63) is 54.5 Å². The zero-order chi connectivity index (χ0) is 16.3. The first kappa shape index (κ1) is 19.3. The van der Waals surface area contributed by atoms with Gasteiger partial charge in [-0.25, -0.2) is 0 Å². The summed E-state index contributed by atoms with van der Waals surface area (Å²) >= 11 is 4.00. The molecule has 1 N–H and O–H groups in total. The molecule has 1 heterocycles. The predicted molar refractivity (Wildman–Crippen MR) is 91.7 cm³/mol. The highest BCUT2D eigenvalue weighted by molar-refractivity contribution is 7.80. The van der Waals surface area contributed by atoms with Crippen molar-refractivity contribution in [1.82, 2.24) is 5.32 Å². The van der Waals surface area contributed by atoms with Crippen LogP contribution >= 0.6 is 12.6 Å². The van der Waals surface area contributed by atoms with Gasteiger partial charge in [0, 0.05) is 5.70 Å². The summed E-state index contributed by atoms with van der Waals surface area (Å²) in [6, 6.07) is 3.18. The smallest absolute Gasteiger partial charge is 0.291 e. The highest BCUT2D eigenvalue weighted by Gasteiger charge is 2.09. The number of hydrogen-bond acceptors (Lipinski definition) is 3. The number of allylic oxidation sites excluding steroid dienone is 3. The Labute approximate surface area is 133 Å². The van der Waals surface area contributed by atoms with Gasteiger partial charge in [0.25, 0.3) is 5.91 Å². The average Bonchev–Trinajstić information content (AvgIpc) is 2.91. The van der Waals surface area contributed by atoms with Crippen LogP contribution in [0.1, 0.15) is 50.6 Å². The molecule has 0 aliphatic heterocycles. The van der Waals surface area contributed by atoms with E-state index in [0.717, 1.165) is 24.8 Å². The Kier molecular flexibility index (Phi) is 10.1. The maximum absolute atomic E-state index is 11.7. The minimum Gasteiger partial charge on any atom is -0.445 e. The fraction of sp³-hybridized carbons (Fsp3) is 0.353. The van der Waals surface area contributed by atoms with E-state index < -0.39 is 0 Å². The van der Waals surface area contributed by atoms with E-state index in [1.165, 1.54) is 0 Å². The van der Waals surface area contributed by atoms with Gasteiger partial charge in [-0.3, -0.25) is 4.79 Å². The van der Waals surface area contributed by atoms with Gasteiger partial charge >= 0.3 is 0 Å². The lowest BCUT2D eigenvalue weighted by molar-refractivity contribution is 0.0935. The largest absolute Gasteiger partial charge is 0.445 e. The van der Waals surface area contributed by atoms with Gasteiger partial charge in [-0.05, 0) is 31.1 Å². The van der Waals surface area contributed by atoms with Crippen molar-refractivity contribution in [3.63, 3.8) is 0 Å². The molecule has 0 radical (unpaired) electrons. The Hall–Kier alpha value is -1.68. The van der Waals surface area contributed by atoms with E-state index in [2.05, 4.69) is 38.0 Å². The SMILES string of the molecule is C=C(/C=C\C(=C)NC(=O)c1ccc(S)o1)CCCC.CC. The van der Waals surface area contributed by atoms with Crippen LogP contribution in [0, 0.1) is 0 Å². The quantitative estimate of drug-likeness (QED) is 0.541. The number of carbonyl (C=O) groups is 1. The summed E-state index contributed by atoms with van der Waals surface area (Å²) in [7, 11) is 0. The number of rotatable bonds is 7. The third-order valence-corrected chi connectivity index (χ3v) is 2.70. The van der Waals surface area contributed by atoms with Crippen LogP contribution < -0.4 is 5.32 Å². The van der Waals surface area contributed by atoms with Crippen LogP contribution in [-0.2, 0) is 0 Å². The molecule has 0 aromatic carbocycles. The third kappa shape index (κ3) is 8.25. The number of furan rings is 1. The van der Waals surface area contributed by atoms with Crippen molar-refractivity contribution in [3.8, 4) is 0 Å². The summed E-state index contributed by atoms with van der Waals surface area (Å²) in [5.74, 6) is -0.126. The van der Waals surface area contributed by atoms with Gasteiger partial charge in [-0.15, -0.1) is 12.6 Å². The Bertz CT molecular complexity index is 501. The standard InChI is InChI=1S/C15H19NO2S.C2H6/c1-4-5-6-11(2)7-8-12(3)16-15(17)13-9-10-14(19)18-13;1-2/h7-10,19H,2-6H2,1H3,(H,16,17);1-2H3/b8-7-;. The van der Waals surface area contributed by atoms with Crippen molar-refractivity contribution < 1.29 is 9.21 Å². The highest BCUT2D eigenvalue weighted by Crippen LogP contribution is 2.12. The number of carbonyl (C=O) groups excluding carboxylic acids is 1. The molecule has 116 valence electrons. The molecular weight excluding hydrogens is 282 g/mol. The summed E-state index contributed by atoms with van der Waals surface area (Å²) in [5.41, 5.74) is 1.52. The van der Waals surface area contributed by atoms with Gasteiger partial charge in [0.1, 0.15) is 0 Å². The Morgan fingerprint density at radius 1 is 1.33 bits per heavy atom. The van der Waals surface area contributed by atoms with Crippen molar-refractivity contribution in [2.45, 2.75) is 45.1 Å². The van der Waals surface area contributed by atoms with E-state index in [0.29, 0.717) is 10.8 Å². The first-order valence-electron chi connectivity index (χ1n) is 7.18. The van der Waals surface area contributed by atoms with Crippen LogP contribution in [0.3, 0.4) is 0 Å². The van der Waals surface area contributed by atoms with Crippen molar-refractivity contribution >= 4 is 18.5 Å². The molecule has 0 saturated carbocycles. The monoisotopic (exact) mass is 307 g/mol. The molecule has 1 aromatic heterocycles. The van der Waals surface area contributed by atoms with E-state index in [4.69, 9.17) is 4.42 Å². The highest BCUT2D eigenvalue weighted by atomic mass is 32.1. The summed E-state index contributed by atoms with van der Waals surface area (Å²) in [5, 5.41) is 3.03. The van der Waals surface area contributed by atoms with Gasteiger partial charge in [0.2, 0.25) is 0 Å². The molecule has 0 aliphatic carbocycles. The number of hydrogen-bond donors (Lipinski definition) is 2. The first-order valence-corrected chi connectivity index (χ1v) is 7.62. The molecule has 0 saturated heterocycles. The Morgan fingerprint density at radius 2 is 2.00 bits per heavy atom. The molecule has 4 heteroatoms. The van der Waals surface area contributed by atoms with Crippen LogP contribution in [0.5, 0.6) is 0 Å². The zero-order valence-electron chi connectivity index (χ0n) is 13.1. The second-order valence-electron chi connectivity index (χ2n) is 4.21. The number of thiol groups is 1. The summed E-state index contributed by atoms with van der Waals surface area (Å²) in [6.45, 7) is 13.8. The number of nitrogens with one attached hydrogen (secondary N) is 1. The fourth-order valence-electron chi connectivity index (χ4n) is 1.40. The van der Waals surface area contributed by atoms with Crippen LogP contribution in [0.15, 0.2) is 58.2 Å². The number of amides is 1.